The molecule has 1 aromatic carbocycles. The number of carbonyl (C=O) groups excluding carboxylic acids is 1. The van der Waals surface area contributed by atoms with E-state index in [0.29, 0.717) is 25.8 Å². The fourth-order valence-corrected chi connectivity index (χ4v) is 3.91. The minimum atomic E-state index is -0.0301. The molecular formula is C16H17Cl2NOS2. The Morgan fingerprint density at radius 2 is 2.05 bits per heavy atom. The van der Waals surface area contributed by atoms with Crippen LogP contribution in [0.5, 0.6) is 0 Å². The van der Waals surface area contributed by atoms with Crippen molar-refractivity contribution >= 4 is 63.5 Å². The van der Waals surface area contributed by atoms with Crippen LogP contribution in [0.4, 0.5) is 0 Å². The lowest BCUT2D eigenvalue weighted by Gasteiger charge is -2.13. The van der Waals surface area contributed by atoms with Crippen molar-refractivity contribution in [2.75, 3.05) is 6.54 Å². The first-order chi connectivity index (χ1) is 10.5. The summed E-state index contributed by atoms with van der Waals surface area (Å²) in [7, 11) is 0. The summed E-state index contributed by atoms with van der Waals surface area (Å²) >= 11 is 18.7. The lowest BCUT2D eigenvalue weighted by atomic mass is 10.2. The van der Waals surface area contributed by atoms with Crippen LogP contribution < -0.4 is 0 Å². The van der Waals surface area contributed by atoms with Gasteiger partial charge in [0.05, 0.1) is 4.91 Å². The van der Waals surface area contributed by atoms with Gasteiger partial charge in [0.1, 0.15) is 4.32 Å². The predicted octanol–water partition coefficient (Wildman–Crippen LogP) is 5.77. The summed E-state index contributed by atoms with van der Waals surface area (Å²) in [5.41, 5.74) is 0.776. The SMILES string of the molecule is CCCCCCN1C(=O)/C(=C/c2ccc(Cl)cc2Cl)SC1=S. The first kappa shape index (κ1) is 17.8. The highest BCUT2D eigenvalue weighted by atomic mass is 35.5. The molecule has 0 aliphatic carbocycles. The normalized spacial score (nSPS) is 16.9. The Balaban J connectivity index is 2.08. The number of thioether (sulfide) groups is 1. The van der Waals surface area contributed by atoms with Gasteiger partial charge in [-0.3, -0.25) is 9.69 Å². The summed E-state index contributed by atoms with van der Waals surface area (Å²) in [4.78, 5) is 14.7. The van der Waals surface area contributed by atoms with Crippen LogP contribution in [0, 0.1) is 0 Å². The van der Waals surface area contributed by atoms with E-state index in [4.69, 9.17) is 35.4 Å². The number of hydrogen-bond donors (Lipinski definition) is 0. The third kappa shape index (κ3) is 4.48. The maximum absolute atomic E-state index is 12.4. The van der Waals surface area contributed by atoms with E-state index in [-0.39, 0.29) is 5.91 Å². The molecular weight excluding hydrogens is 357 g/mol. The van der Waals surface area contributed by atoms with Crippen LogP contribution in [0.2, 0.25) is 10.0 Å². The molecule has 1 saturated heterocycles. The maximum atomic E-state index is 12.4. The second-order valence-corrected chi connectivity index (χ2v) is 7.58. The number of carbonyl (C=O) groups is 1. The van der Waals surface area contributed by atoms with E-state index >= 15 is 0 Å². The smallest absolute Gasteiger partial charge is 0.266 e. The molecule has 0 bridgehead atoms. The van der Waals surface area contributed by atoms with Gasteiger partial charge in [-0.05, 0) is 30.2 Å². The van der Waals surface area contributed by atoms with Crippen LogP contribution in [0.1, 0.15) is 38.2 Å². The molecule has 0 atom stereocenters. The van der Waals surface area contributed by atoms with E-state index in [1.165, 1.54) is 24.6 Å². The van der Waals surface area contributed by atoms with Gasteiger partial charge in [0.15, 0.2) is 0 Å². The van der Waals surface area contributed by atoms with Crippen molar-refractivity contribution < 1.29 is 4.79 Å². The number of thiocarbonyl (C=S) groups is 1. The lowest BCUT2D eigenvalue weighted by Crippen LogP contribution is -2.29. The molecule has 22 heavy (non-hydrogen) atoms. The Labute approximate surface area is 150 Å². The highest BCUT2D eigenvalue weighted by Crippen LogP contribution is 2.34. The Kier molecular flexibility index (Phi) is 6.75. The van der Waals surface area contributed by atoms with Gasteiger partial charge in [-0.25, -0.2) is 0 Å². The molecule has 0 aromatic heterocycles. The summed E-state index contributed by atoms with van der Waals surface area (Å²) in [6.45, 7) is 2.86. The Morgan fingerprint density at radius 1 is 1.27 bits per heavy atom. The summed E-state index contributed by atoms with van der Waals surface area (Å²) in [5, 5.41) is 1.10. The molecule has 0 saturated carbocycles. The topological polar surface area (TPSA) is 20.3 Å². The molecule has 0 unspecified atom stereocenters. The molecule has 118 valence electrons. The first-order valence-corrected chi connectivity index (χ1v) is 9.21. The van der Waals surface area contributed by atoms with Crippen molar-refractivity contribution in [3.63, 3.8) is 0 Å². The minimum Gasteiger partial charge on any atom is -0.293 e. The molecule has 0 spiro atoms. The first-order valence-electron chi connectivity index (χ1n) is 7.23. The Hall–Kier alpha value is -0.550. The third-order valence-electron chi connectivity index (χ3n) is 3.36. The average molecular weight is 374 g/mol. The molecule has 1 aromatic rings. The number of benzene rings is 1. The second kappa shape index (κ2) is 8.34. The van der Waals surface area contributed by atoms with E-state index in [9.17, 15) is 4.79 Å². The molecule has 1 aliphatic heterocycles. The van der Waals surface area contributed by atoms with Gasteiger partial charge in [0.2, 0.25) is 0 Å². The van der Waals surface area contributed by atoms with E-state index in [2.05, 4.69) is 6.92 Å². The average Bonchev–Trinajstić information content (AvgIpc) is 2.73. The monoisotopic (exact) mass is 373 g/mol. The predicted molar refractivity (Wildman–Crippen MR) is 100 cm³/mol. The van der Waals surface area contributed by atoms with E-state index in [1.807, 2.05) is 0 Å². The molecule has 1 fully saturated rings. The van der Waals surface area contributed by atoms with Crippen LogP contribution in [-0.4, -0.2) is 21.7 Å². The van der Waals surface area contributed by atoms with Gasteiger partial charge in [-0.15, -0.1) is 0 Å². The number of hydrogen-bond acceptors (Lipinski definition) is 3. The van der Waals surface area contributed by atoms with Crippen molar-refractivity contribution in [3.05, 3.63) is 38.7 Å². The molecule has 0 N–H and O–H groups in total. The molecule has 1 aliphatic rings. The highest BCUT2D eigenvalue weighted by molar-refractivity contribution is 8.26. The van der Waals surface area contributed by atoms with Crippen LogP contribution in [0.15, 0.2) is 23.1 Å². The quantitative estimate of drug-likeness (QED) is 0.358. The standard InChI is InChI=1S/C16H17Cl2NOS2/c1-2-3-4-5-8-19-15(20)14(22-16(19)21)9-11-6-7-12(17)10-13(11)18/h6-7,9-10H,2-5,8H2,1H3/b14-9-. The van der Waals surface area contributed by atoms with Crippen LogP contribution in [0.25, 0.3) is 6.08 Å². The van der Waals surface area contributed by atoms with Crippen molar-refractivity contribution in [2.45, 2.75) is 32.6 Å². The second-order valence-electron chi connectivity index (χ2n) is 5.06. The molecule has 1 heterocycles. The number of amides is 1. The van der Waals surface area contributed by atoms with E-state index in [1.54, 1.807) is 29.2 Å². The minimum absolute atomic E-state index is 0.0301. The van der Waals surface area contributed by atoms with Crippen LogP contribution in [-0.2, 0) is 4.79 Å². The van der Waals surface area contributed by atoms with Gasteiger partial charge >= 0.3 is 0 Å². The lowest BCUT2D eigenvalue weighted by molar-refractivity contribution is -0.122. The zero-order valence-corrected chi connectivity index (χ0v) is 15.4. The molecule has 6 heteroatoms. The van der Waals surface area contributed by atoms with Crippen molar-refractivity contribution in [1.82, 2.24) is 4.90 Å². The van der Waals surface area contributed by atoms with Crippen molar-refractivity contribution in [3.8, 4) is 0 Å². The van der Waals surface area contributed by atoms with Crippen molar-refractivity contribution in [2.24, 2.45) is 0 Å². The third-order valence-corrected chi connectivity index (χ3v) is 5.30. The summed E-state index contributed by atoms with van der Waals surface area (Å²) in [5.74, 6) is -0.0301. The Bertz CT molecular complexity index is 616. The summed E-state index contributed by atoms with van der Waals surface area (Å²) < 4.78 is 0.623. The molecule has 0 radical (unpaired) electrons. The van der Waals surface area contributed by atoms with Crippen LogP contribution >= 0.6 is 47.2 Å². The largest absolute Gasteiger partial charge is 0.293 e. The van der Waals surface area contributed by atoms with E-state index < -0.39 is 0 Å². The van der Waals surface area contributed by atoms with Gasteiger partial charge in [0.25, 0.3) is 5.91 Å². The molecule has 2 nitrogen and oxygen atoms in total. The van der Waals surface area contributed by atoms with Gasteiger partial charge in [-0.1, -0.05) is 79.4 Å². The Morgan fingerprint density at radius 3 is 2.73 bits per heavy atom. The zero-order valence-electron chi connectivity index (χ0n) is 12.3. The molecule has 1 amide bonds. The number of rotatable bonds is 6. The van der Waals surface area contributed by atoms with Crippen LogP contribution in [0.3, 0.4) is 0 Å². The van der Waals surface area contributed by atoms with Gasteiger partial charge in [0, 0.05) is 16.6 Å². The maximum Gasteiger partial charge on any atom is 0.266 e. The van der Waals surface area contributed by atoms with E-state index in [0.717, 1.165) is 18.4 Å². The van der Waals surface area contributed by atoms with Gasteiger partial charge in [-0.2, -0.15) is 0 Å². The fourth-order valence-electron chi connectivity index (χ4n) is 2.15. The number of halogens is 2. The fraction of sp³-hybridized carbons (Fsp3) is 0.375. The highest BCUT2D eigenvalue weighted by Gasteiger charge is 2.31. The zero-order chi connectivity index (χ0) is 16.1. The summed E-state index contributed by atoms with van der Waals surface area (Å²) in [6, 6.07) is 5.23. The number of nitrogens with zero attached hydrogens (tertiary/aromatic N) is 1. The van der Waals surface area contributed by atoms with Gasteiger partial charge < -0.3 is 0 Å². The summed E-state index contributed by atoms with van der Waals surface area (Å²) in [6.07, 6.45) is 6.24. The van der Waals surface area contributed by atoms with Crippen molar-refractivity contribution in [1.29, 1.82) is 0 Å². The number of unbranched alkanes of at least 4 members (excludes halogenated alkanes) is 3. The molecule has 2 rings (SSSR count).